The lowest BCUT2D eigenvalue weighted by atomic mass is 10.2. The summed E-state index contributed by atoms with van der Waals surface area (Å²) in [5.41, 5.74) is 0.452. The Bertz CT molecular complexity index is 374. The molecule has 5 nitrogen and oxygen atoms in total. The zero-order valence-electron chi connectivity index (χ0n) is 18.9. The van der Waals surface area contributed by atoms with Gasteiger partial charge in [-0.15, -0.1) is 0 Å². The number of ether oxygens (including phenoxy) is 1. The van der Waals surface area contributed by atoms with E-state index in [0.717, 1.165) is 90.1 Å². The molecule has 28 heavy (non-hydrogen) atoms. The van der Waals surface area contributed by atoms with Crippen molar-refractivity contribution in [2.45, 2.75) is 97.9 Å². The molecule has 0 bridgehead atoms. The van der Waals surface area contributed by atoms with Crippen LogP contribution in [0.15, 0.2) is 12.2 Å². The van der Waals surface area contributed by atoms with Crippen LogP contribution in [0.25, 0.3) is 0 Å². The van der Waals surface area contributed by atoms with Crippen molar-refractivity contribution in [1.82, 2.24) is 0 Å². The Balaban J connectivity index is 4.43. The van der Waals surface area contributed by atoms with E-state index < -0.39 is 8.80 Å². The molecule has 0 unspecified atom stereocenters. The topological polar surface area (TPSA) is 54.0 Å². The van der Waals surface area contributed by atoms with Crippen molar-refractivity contribution < 1.29 is 22.8 Å². The van der Waals surface area contributed by atoms with Gasteiger partial charge < -0.3 is 18.0 Å². The smallest absolute Gasteiger partial charge is 0.462 e. The average molecular weight is 417 g/mol. The molecule has 0 aromatic heterocycles. The maximum absolute atomic E-state index is 11.4. The Morgan fingerprint density at radius 2 is 1.18 bits per heavy atom. The molecule has 0 heterocycles. The van der Waals surface area contributed by atoms with Gasteiger partial charge in [-0.05, 0) is 39.0 Å². The predicted octanol–water partition coefficient (Wildman–Crippen LogP) is 6.06. The number of esters is 1. The van der Waals surface area contributed by atoms with E-state index in [9.17, 15) is 4.79 Å². The Labute approximate surface area is 174 Å². The molecule has 0 saturated carbocycles. The first-order valence-electron chi connectivity index (χ1n) is 11.3. The predicted molar refractivity (Wildman–Crippen MR) is 117 cm³/mol. The number of rotatable bonds is 20. The van der Waals surface area contributed by atoms with Crippen molar-refractivity contribution in [2.24, 2.45) is 0 Å². The van der Waals surface area contributed by atoms with Crippen LogP contribution in [0.1, 0.15) is 91.9 Å². The highest BCUT2D eigenvalue weighted by atomic mass is 28.4. The van der Waals surface area contributed by atoms with Crippen molar-refractivity contribution in [1.29, 1.82) is 0 Å². The van der Waals surface area contributed by atoms with E-state index in [1.165, 1.54) is 0 Å². The Hall–Kier alpha value is -0.693. The van der Waals surface area contributed by atoms with Crippen LogP contribution in [0.5, 0.6) is 0 Å². The third kappa shape index (κ3) is 14.3. The first kappa shape index (κ1) is 27.3. The van der Waals surface area contributed by atoms with Crippen LogP contribution in [-0.4, -0.2) is 41.2 Å². The van der Waals surface area contributed by atoms with Gasteiger partial charge in [-0.2, -0.15) is 0 Å². The van der Waals surface area contributed by atoms with Crippen LogP contribution in [-0.2, 0) is 22.8 Å². The lowest BCUT2D eigenvalue weighted by Crippen LogP contribution is -2.46. The molecule has 166 valence electrons. The van der Waals surface area contributed by atoms with E-state index in [1.54, 1.807) is 6.92 Å². The quantitative estimate of drug-likeness (QED) is 0.105. The number of hydrogen-bond donors (Lipinski definition) is 0. The molecular weight excluding hydrogens is 372 g/mol. The molecule has 0 fully saturated rings. The Morgan fingerprint density at radius 1 is 0.714 bits per heavy atom. The minimum absolute atomic E-state index is 0.301. The highest BCUT2D eigenvalue weighted by molar-refractivity contribution is 6.60. The molecule has 0 radical (unpaired) electrons. The lowest BCUT2D eigenvalue weighted by molar-refractivity contribution is -0.139. The van der Waals surface area contributed by atoms with Crippen LogP contribution < -0.4 is 0 Å². The highest BCUT2D eigenvalue weighted by Crippen LogP contribution is 2.22. The highest BCUT2D eigenvalue weighted by Gasteiger charge is 2.40. The third-order valence-electron chi connectivity index (χ3n) is 4.42. The monoisotopic (exact) mass is 416 g/mol. The van der Waals surface area contributed by atoms with Gasteiger partial charge in [-0.3, -0.25) is 0 Å². The Kier molecular flexibility index (Phi) is 17.9. The van der Waals surface area contributed by atoms with E-state index in [-0.39, 0.29) is 5.97 Å². The Morgan fingerprint density at radius 3 is 1.61 bits per heavy atom. The SMILES string of the molecule is C=C(C)C(=O)OCCCCCC[Si](OCCCC)(OCCCC)OCCCC. The fourth-order valence-electron chi connectivity index (χ4n) is 2.54. The van der Waals surface area contributed by atoms with Gasteiger partial charge in [-0.1, -0.05) is 59.5 Å². The molecule has 0 spiro atoms. The van der Waals surface area contributed by atoms with Gasteiger partial charge in [0.05, 0.1) is 6.61 Å². The van der Waals surface area contributed by atoms with Crippen LogP contribution in [0, 0.1) is 0 Å². The second kappa shape index (κ2) is 18.3. The summed E-state index contributed by atoms with van der Waals surface area (Å²) in [6, 6.07) is 0.871. The molecule has 0 aromatic rings. The van der Waals surface area contributed by atoms with Gasteiger partial charge in [0.1, 0.15) is 0 Å². The van der Waals surface area contributed by atoms with Gasteiger partial charge in [0.2, 0.25) is 0 Å². The van der Waals surface area contributed by atoms with E-state index in [4.69, 9.17) is 18.0 Å². The number of hydrogen-bond acceptors (Lipinski definition) is 5. The fourth-order valence-corrected chi connectivity index (χ4v) is 5.27. The number of unbranched alkanes of at least 4 members (excludes halogenated alkanes) is 6. The third-order valence-corrected chi connectivity index (χ3v) is 7.32. The number of carbonyl (C=O) groups is 1. The van der Waals surface area contributed by atoms with Crippen LogP contribution in [0.3, 0.4) is 0 Å². The normalized spacial score (nSPS) is 11.6. The van der Waals surface area contributed by atoms with Crippen LogP contribution in [0.4, 0.5) is 0 Å². The van der Waals surface area contributed by atoms with Gasteiger partial charge in [0, 0.05) is 31.4 Å². The summed E-state index contributed by atoms with van der Waals surface area (Å²) >= 11 is 0. The molecule has 0 atom stereocenters. The second-order valence-electron chi connectivity index (χ2n) is 7.37. The zero-order chi connectivity index (χ0) is 21.1. The van der Waals surface area contributed by atoms with Crippen molar-refractivity contribution in [3.63, 3.8) is 0 Å². The largest absolute Gasteiger partial charge is 0.500 e. The van der Waals surface area contributed by atoms with Crippen molar-refractivity contribution in [2.75, 3.05) is 26.4 Å². The standard InChI is InChI=1S/C22H44O5Si/c1-6-9-17-25-28(26-18-10-7-2,27-19-11-8-3)20-15-13-12-14-16-24-22(23)21(4)5/h4,6-20H2,1-3,5H3. The fraction of sp³-hybridized carbons (Fsp3) is 0.864. The lowest BCUT2D eigenvalue weighted by Gasteiger charge is -2.30. The summed E-state index contributed by atoms with van der Waals surface area (Å²) in [6.07, 6.45) is 10.4. The molecule has 0 saturated heterocycles. The van der Waals surface area contributed by atoms with E-state index in [1.807, 2.05) is 0 Å². The van der Waals surface area contributed by atoms with Crippen molar-refractivity contribution in [3.05, 3.63) is 12.2 Å². The summed E-state index contributed by atoms with van der Waals surface area (Å²) in [5, 5.41) is 0. The number of carbonyl (C=O) groups excluding carboxylic acids is 1. The average Bonchev–Trinajstić information content (AvgIpc) is 2.67. The van der Waals surface area contributed by atoms with Crippen molar-refractivity contribution >= 4 is 14.8 Å². The summed E-state index contributed by atoms with van der Waals surface area (Å²) in [5.74, 6) is -0.301. The van der Waals surface area contributed by atoms with Crippen molar-refractivity contribution in [3.8, 4) is 0 Å². The van der Waals surface area contributed by atoms with E-state index in [2.05, 4.69) is 27.4 Å². The van der Waals surface area contributed by atoms with Gasteiger partial charge in [-0.25, -0.2) is 4.79 Å². The molecule has 0 aliphatic carbocycles. The summed E-state index contributed by atoms with van der Waals surface area (Å²) in [7, 11) is -2.61. The maximum Gasteiger partial charge on any atom is 0.500 e. The molecule has 0 aliphatic rings. The molecule has 0 aromatic carbocycles. The maximum atomic E-state index is 11.4. The molecule has 0 rings (SSSR count). The van der Waals surface area contributed by atoms with Crippen LogP contribution >= 0.6 is 0 Å². The second-order valence-corrected chi connectivity index (χ2v) is 10.1. The first-order valence-corrected chi connectivity index (χ1v) is 13.2. The molecule has 0 aliphatic heterocycles. The molecule has 0 amide bonds. The minimum atomic E-state index is -2.61. The summed E-state index contributed by atoms with van der Waals surface area (Å²) in [4.78, 5) is 11.4. The van der Waals surface area contributed by atoms with Gasteiger partial charge in [0.25, 0.3) is 0 Å². The summed E-state index contributed by atoms with van der Waals surface area (Å²) in [6.45, 7) is 14.4. The van der Waals surface area contributed by atoms with Gasteiger partial charge in [0.15, 0.2) is 0 Å². The van der Waals surface area contributed by atoms with E-state index in [0.29, 0.717) is 12.2 Å². The molecule has 6 heteroatoms. The zero-order valence-corrected chi connectivity index (χ0v) is 19.9. The molecular formula is C22H44O5Si. The molecule has 0 N–H and O–H groups in total. The summed E-state index contributed by atoms with van der Waals surface area (Å²) < 4.78 is 23.9. The van der Waals surface area contributed by atoms with Crippen LogP contribution in [0.2, 0.25) is 6.04 Å². The van der Waals surface area contributed by atoms with Gasteiger partial charge >= 0.3 is 14.8 Å². The first-order chi connectivity index (χ1) is 13.5. The minimum Gasteiger partial charge on any atom is -0.462 e. The van der Waals surface area contributed by atoms with E-state index >= 15 is 0 Å².